The lowest BCUT2D eigenvalue weighted by atomic mass is 10.0. The van der Waals surface area contributed by atoms with E-state index in [4.69, 9.17) is 16.3 Å². The van der Waals surface area contributed by atoms with E-state index < -0.39 is 23.9 Å². The number of carbonyl (C=O) groups excluding carboxylic acids is 1. The zero-order valence-electron chi connectivity index (χ0n) is 12.8. The van der Waals surface area contributed by atoms with E-state index in [2.05, 4.69) is 5.32 Å². The van der Waals surface area contributed by atoms with Gasteiger partial charge in [-0.2, -0.15) is 0 Å². The maximum Gasteiger partial charge on any atom is 0.407 e. The summed E-state index contributed by atoms with van der Waals surface area (Å²) in [5.74, 6) is -0.169. The number of hydrogen-bond acceptors (Lipinski definition) is 5. The zero-order chi connectivity index (χ0) is 16.9. The van der Waals surface area contributed by atoms with E-state index in [1.807, 2.05) is 0 Å². The number of rotatable bonds is 5. The molecule has 0 saturated heterocycles. The number of phenolic OH excluding ortho intramolecular Hbond substituents is 1. The topological polar surface area (TPSA) is 99.0 Å². The number of hydrogen-bond donors (Lipinski definition) is 4. The van der Waals surface area contributed by atoms with E-state index in [1.54, 1.807) is 20.8 Å². The maximum atomic E-state index is 11.4. The van der Waals surface area contributed by atoms with Crippen LogP contribution in [0.5, 0.6) is 5.75 Å². The molecule has 1 aromatic carbocycles. The number of aliphatic hydroxyl groups is 2. The van der Waals surface area contributed by atoms with E-state index in [-0.39, 0.29) is 23.7 Å². The van der Waals surface area contributed by atoms with Crippen molar-refractivity contribution in [3.63, 3.8) is 0 Å². The second-order valence-corrected chi connectivity index (χ2v) is 6.35. The predicted molar refractivity (Wildman–Crippen MR) is 82.9 cm³/mol. The van der Waals surface area contributed by atoms with E-state index in [0.29, 0.717) is 5.56 Å². The minimum atomic E-state index is -1.19. The number of alkyl carbamates (subject to hydrolysis) is 1. The quantitative estimate of drug-likeness (QED) is 0.664. The van der Waals surface area contributed by atoms with Gasteiger partial charge in [-0.1, -0.05) is 17.7 Å². The Hall–Kier alpha value is -1.50. The smallest absolute Gasteiger partial charge is 0.407 e. The fourth-order valence-electron chi connectivity index (χ4n) is 1.73. The molecule has 0 aliphatic carbocycles. The van der Waals surface area contributed by atoms with E-state index in [9.17, 15) is 20.1 Å². The predicted octanol–water partition coefficient (Wildman–Crippen LogP) is 2.35. The van der Waals surface area contributed by atoms with Gasteiger partial charge in [-0.25, -0.2) is 4.79 Å². The van der Waals surface area contributed by atoms with Crippen LogP contribution in [0.25, 0.3) is 0 Å². The molecule has 0 aliphatic heterocycles. The number of amides is 1. The van der Waals surface area contributed by atoms with Gasteiger partial charge < -0.3 is 25.4 Å². The van der Waals surface area contributed by atoms with Crippen molar-refractivity contribution in [3.05, 3.63) is 28.8 Å². The van der Waals surface area contributed by atoms with E-state index in [0.717, 1.165) is 0 Å². The standard InChI is InChI=1S/C15H22ClNO5/c1-15(2,3)22-14(21)17-7-6-11(18)13(20)9-4-5-10(16)12(19)8-9/h4-5,8,11,13,18-20H,6-7H2,1-3H3,(H,17,21). The number of nitrogens with one attached hydrogen (secondary N) is 1. The van der Waals surface area contributed by atoms with E-state index >= 15 is 0 Å². The summed E-state index contributed by atoms with van der Waals surface area (Å²) in [6.45, 7) is 5.39. The highest BCUT2D eigenvalue weighted by atomic mass is 35.5. The molecule has 22 heavy (non-hydrogen) atoms. The molecular weight excluding hydrogens is 310 g/mol. The Kier molecular flexibility index (Phi) is 6.47. The molecule has 0 aliphatic rings. The Balaban J connectivity index is 2.46. The summed E-state index contributed by atoms with van der Waals surface area (Å²) < 4.78 is 5.05. The summed E-state index contributed by atoms with van der Waals surface area (Å²) in [5, 5.41) is 32.1. The molecule has 1 amide bonds. The highest BCUT2D eigenvalue weighted by molar-refractivity contribution is 6.32. The second kappa shape index (κ2) is 7.67. The molecule has 124 valence electrons. The highest BCUT2D eigenvalue weighted by Gasteiger charge is 2.20. The minimum Gasteiger partial charge on any atom is -0.506 e. The average Bonchev–Trinajstić information content (AvgIpc) is 2.38. The third-order valence-corrected chi connectivity index (χ3v) is 3.10. The molecule has 0 heterocycles. The number of ether oxygens (including phenoxy) is 1. The molecule has 2 atom stereocenters. The average molecular weight is 332 g/mol. The van der Waals surface area contributed by atoms with Gasteiger partial charge in [0.25, 0.3) is 0 Å². The lowest BCUT2D eigenvalue weighted by Gasteiger charge is -2.21. The Morgan fingerprint density at radius 2 is 2.00 bits per heavy atom. The highest BCUT2D eigenvalue weighted by Crippen LogP contribution is 2.28. The van der Waals surface area contributed by atoms with Crippen LogP contribution in [0.4, 0.5) is 4.79 Å². The van der Waals surface area contributed by atoms with Crippen LogP contribution in [0.1, 0.15) is 38.9 Å². The third kappa shape index (κ3) is 6.09. The van der Waals surface area contributed by atoms with Crippen molar-refractivity contribution in [2.24, 2.45) is 0 Å². The van der Waals surface area contributed by atoms with Gasteiger partial charge in [0.1, 0.15) is 17.5 Å². The molecule has 1 rings (SSSR count). The van der Waals surface area contributed by atoms with Crippen LogP contribution in [-0.4, -0.2) is 39.7 Å². The molecular formula is C15H22ClNO5. The van der Waals surface area contributed by atoms with Crippen LogP contribution in [0, 0.1) is 0 Å². The van der Waals surface area contributed by atoms with Crippen molar-refractivity contribution >= 4 is 17.7 Å². The van der Waals surface area contributed by atoms with Gasteiger partial charge in [0.05, 0.1) is 11.1 Å². The molecule has 0 fully saturated rings. The Bertz CT molecular complexity index is 515. The van der Waals surface area contributed by atoms with Gasteiger partial charge in [-0.05, 0) is 44.9 Å². The first-order valence-corrected chi connectivity index (χ1v) is 7.29. The summed E-state index contributed by atoms with van der Waals surface area (Å²) in [5.41, 5.74) is -0.255. The lowest BCUT2D eigenvalue weighted by molar-refractivity contribution is 0.0122. The molecule has 4 N–H and O–H groups in total. The number of aromatic hydroxyl groups is 1. The van der Waals surface area contributed by atoms with Crippen LogP contribution >= 0.6 is 11.6 Å². The molecule has 2 unspecified atom stereocenters. The number of benzene rings is 1. The number of carbonyl (C=O) groups is 1. The first-order valence-electron chi connectivity index (χ1n) is 6.91. The monoisotopic (exact) mass is 331 g/mol. The van der Waals surface area contributed by atoms with Crippen molar-refractivity contribution in [1.29, 1.82) is 0 Å². The van der Waals surface area contributed by atoms with Crippen molar-refractivity contribution in [1.82, 2.24) is 5.32 Å². The molecule has 0 bridgehead atoms. The Morgan fingerprint density at radius 1 is 1.36 bits per heavy atom. The molecule has 6 nitrogen and oxygen atoms in total. The normalized spacial score (nSPS) is 14.3. The molecule has 0 aromatic heterocycles. The first kappa shape index (κ1) is 18.5. The molecule has 0 spiro atoms. The number of aliphatic hydroxyl groups excluding tert-OH is 2. The fourth-order valence-corrected chi connectivity index (χ4v) is 1.85. The van der Waals surface area contributed by atoms with Crippen molar-refractivity contribution in [2.45, 2.75) is 45.0 Å². The SMILES string of the molecule is CC(C)(C)OC(=O)NCCC(O)C(O)c1ccc(Cl)c(O)c1. The van der Waals surface area contributed by atoms with Crippen LogP contribution in [0.3, 0.4) is 0 Å². The van der Waals surface area contributed by atoms with Crippen LogP contribution < -0.4 is 5.32 Å². The molecule has 1 aromatic rings. The lowest BCUT2D eigenvalue weighted by Crippen LogP contribution is -2.34. The van der Waals surface area contributed by atoms with Crippen LogP contribution in [-0.2, 0) is 4.74 Å². The molecule has 0 saturated carbocycles. The summed E-state index contributed by atoms with van der Waals surface area (Å²) in [6, 6.07) is 4.23. The van der Waals surface area contributed by atoms with Crippen molar-refractivity contribution in [2.75, 3.05) is 6.54 Å². The van der Waals surface area contributed by atoms with Gasteiger partial charge in [0, 0.05) is 6.54 Å². The minimum absolute atomic E-state index is 0.129. The Morgan fingerprint density at radius 3 is 2.55 bits per heavy atom. The van der Waals surface area contributed by atoms with Crippen molar-refractivity contribution in [3.8, 4) is 5.75 Å². The summed E-state index contributed by atoms with van der Waals surface area (Å²) in [7, 11) is 0. The van der Waals surface area contributed by atoms with Gasteiger partial charge in [-0.3, -0.25) is 0 Å². The maximum absolute atomic E-state index is 11.4. The second-order valence-electron chi connectivity index (χ2n) is 5.94. The summed E-state index contributed by atoms with van der Waals surface area (Å²) in [4.78, 5) is 11.4. The van der Waals surface area contributed by atoms with E-state index in [1.165, 1.54) is 18.2 Å². The number of halogens is 1. The van der Waals surface area contributed by atoms with Crippen molar-refractivity contribution < 1.29 is 24.9 Å². The summed E-state index contributed by atoms with van der Waals surface area (Å²) >= 11 is 5.68. The first-order chi connectivity index (χ1) is 10.1. The zero-order valence-corrected chi connectivity index (χ0v) is 13.6. The largest absolute Gasteiger partial charge is 0.506 e. The summed E-state index contributed by atoms with van der Waals surface area (Å²) in [6.07, 6.45) is -2.75. The van der Waals surface area contributed by atoms with Gasteiger partial charge in [-0.15, -0.1) is 0 Å². The third-order valence-electron chi connectivity index (χ3n) is 2.78. The van der Waals surface area contributed by atoms with Gasteiger partial charge in [0.15, 0.2) is 0 Å². The van der Waals surface area contributed by atoms with Crippen LogP contribution in [0.15, 0.2) is 18.2 Å². The fraction of sp³-hybridized carbons (Fsp3) is 0.533. The van der Waals surface area contributed by atoms with Gasteiger partial charge in [0.2, 0.25) is 0 Å². The molecule has 7 heteroatoms. The Labute approximate surface area is 134 Å². The van der Waals surface area contributed by atoms with Gasteiger partial charge >= 0.3 is 6.09 Å². The number of phenols is 1. The molecule has 0 radical (unpaired) electrons. The van der Waals surface area contributed by atoms with Crippen LogP contribution in [0.2, 0.25) is 5.02 Å².